The van der Waals surface area contributed by atoms with Gasteiger partial charge in [-0.3, -0.25) is 9.89 Å². The Labute approximate surface area is 136 Å². The van der Waals surface area contributed by atoms with Crippen molar-refractivity contribution in [3.63, 3.8) is 0 Å². The Morgan fingerprint density at radius 3 is 2.71 bits per heavy atom. The number of carboxylic acids is 1. The first-order chi connectivity index (χ1) is 11.2. The molecule has 2 aromatic heterocycles. The van der Waals surface area contributed by atoms with E-state index in [0.717, 1.165) is 4.52 Å². The molecule has 0 aromatic carbocycles. The van der Waals surface area contributed by atoms with Crippen molar-refractivity contribution in [3.05, 3.63) is 33.4 Å². The highest BCUT2D eigenvalue weighted by Crippen LogP contribution is 2.19. The molecule has 0 aliphatic carbocycles. The van der Waals surface area contributed by atoms with E-state index in [1.165, 1.54) is 11.1 Å². The lowest BCUT2D eigenvalue weighted by atomic mass is 10.1. The number of carbonyl (C=O) groups is 2. The average molecular weight is 334 g/mol. The van der Waals surface area contributed by atoms with Gasteiger partial charge in [-0.25, -0.2) is 19.1 Å². The number of nitrogens with zero attached hydrogens (tertiary/aromatic N) is 3. The largest absolute Gasteiger partial charge is 0.477 e. The molecule has 2 N–H and O–H groups in total. The Morgan fingerprint density at radius 1 is 1.38 bits per heavy atom. The van der Waals surface area contributed by atoms with Crippen LogP contribution in [0.4, 0.5) is 4.79 Å². The number of aromatic nitrogens is 3. The number of ether oxygens (including phenoxy) is 1. The van der Waals surface area contributed by atoms with Crippen LogP contribution in [-0.2, 0) is 17.7 Å². The molecule has 2 aromatic rings. The zero-order valence-corrected chi connectivity index (χ0v) is 13.6. The number of nitrogens with one attached hydrogen (secondary N) is 1. The molecular weight excluding hydrogens is 316 g/mol. The van der Waals surface area contributed by atoms with Gasteiger partial charge < -0.3 is 14.7 Å². The quantitative estimate of drug-likeness (QED) is 0.804. The van der Waals surface area contributed by atoms with E-state index in [-0.39, 0.29) is 17.8 Å². The van der Waals surface area contributed by atoms with E-state index in [4.69, 9.17) is 9.84 Å². The Balaban J connectivity index is 1.98. The van der Waals surface area contributed by atoms with E-state index in [2.05, 4.69) is 10.1 Å². The van der Waals surface area contributed by atoms with Gasteiger partial charge in [-0.15, -0.1) is 0 Å². The van der Waals surface area contributed by atoms with Gasteiger partial charge in [0.05, 0.1) is 17.8 Å². The van der Waals surface area contributed by atoms with Crippen LogP contribution < -0.4 is 5.56 Å². The van der Waals surface area contributed by atoms with Gasteiger partial charge in [-0.05, 0) is 20.8 Å². The molecule has 1 amide bonds. The minimum atomic E-state index is -1.16. The maximum Gasteiger partial charge on any atom is 0.410 e. The van der Waals surface area contributed by atoms with Crippen LogP contribution >= 0.6 is 0 Å². The summed E-state index contributed by atoms with van der Waals surface area (Å²) in [5.74, 6) is -1.16. The topological polar surface area (TPSA) is 117 Å². The summed E-state index contributed by atoms with van der Waals surface area (Å²) in [5.41, 5.74) is -0.132. The van der Waals surface area contributed by atoms with Crippen LogP contribution in [0.3, 0.4) is 0 Å². The highest BCUT2D eigenvalue weighted by Gasteiger charge is 2.29. The van der Waals surface area contributed by atoms with Gasteiger partial charge in [0.25, 0.3) is 5.56 Å². The summed E-state index contributed by atoms with van der Waals surface area (Å²) in [5, 5.41) is 11.7. The lowest BCUT2D eigenvalue weighted by molar-refractivity contribution is 0.0221. The number of amides is 1. The fraction of sp³-hybridized carbons (Fsp3) is 0.467. The number of fused-ring (bicyclic) bond motifs is 2. The van der Waals surface area contributed by atoms with Gasteiger partial charge in [0.1, 0.15) is 11.2 Å². The number of carbonyl (C=O) groups excluding carboxylic acids is 1. The van der Waals surface area contributed by atoms with Crippen molar-refractivity contribution in [1.29, 1.82) is 0 Å². The molecule has 0 bridgehead atoms. The number of carboxylic acid groups (broad SMARTS) is 1. The Bertz CT molecular complexity index is 890. The van der Waals surface area contributed by atoms with Crippen LogP contribution in [0.1, 0.15) is 42.4 Å². The first kappa shape index (κ1) is 16.0. The first-order valence-corrected chi connectivity index (χ1v) is 7.50. The van der Waals surface area contributed by atoms with Gasteiger partial charge in [-0.2, -0.15) is 0 Å². The SMILES string of the molecule is CC(C)(C)OC(=O)N1CCc2nc3c(C(=O)O)c[nH]n3c(=O)c2C1. The molecule has 1 aliphatic rings. The highest BCUT2D eigenvalue weighted by molar-refractivity contribution is 5.94. The van der Waals surface area contributed by atoms with Crippen molar-refractivity contribution >= 4 is 17.7 Å². The van der Waals surface area contributed by atoms with Gasteiger partial charge >= 0.3 is 12.1 Å². The predicted octanol–water partition coefficient (Wildman–Crippen LogP) is 1.01. The summed E-state index contributed by atoms with van der Waals surface area (Å²) in [4.78, 5) is 41.7. The summed E-state index contributed by atoms with van der Waals surface area (Å²) in [7, 11) is 0. The maximum atomic E-state index is 12.6. The summed E-state index contributed by atoms with van der Waals surface area (Å²) < 4.78 is 6.41. The molecular formula is C15H18N4O5. The molecule has 0 saturated heterocycles. The minimum Gasteiger partial charge on any atom is -0.477 e. The Hall–Kier alpha value is -2.84. The first-order valence-electron chi connectivity index (χ1n) is 7.50. The van der Waals surface area contributed by atoms with E-state index >= 15 is 0 Å². The molecule has 0 unspecified atom stereocenters. The van der Waals surface area contributed by atoms with Crippen molar-refractivity contribution < 1.29 is 19.4 Å². The van der Waals surface area contributed by atoms with Gasteiger partial charge in [0.2, 0.25) is 0 Å². The fourth-order valence-corrected chi connectivity index (χ4v) is 2.61. The van der Waals surface area contributed by atoms with Crippen molar-refractivity contribution in [1.82, 2.24) is 19.5 Å². The third kappa shape index (κ3) is 2.72. The molecule has 9 nitrogen and oxygen atoms in total. The van der Waals surface area contributed by atoms with Gasteiger partial charge in [0, 0.05) is 19.2 Å². The van der Waals surface area contributed by atoms with Crippen molar-refractivity contribution in [2.75, 3.05) is 6.54 Å². The van der Waals surface area contributed by atoms with Crippen LogP contribution in [-0.4, -0.2) is 48.8 Å². The maximum absolute atomic E-state index is 12.6. The van der Waals surface area contributed by atoms with E-state index in [0.29, 0.717) is 24.2 Å². The number of hydrogen-bond donors (Lipinski definition) is 2. The molecule has 3 heterocycles. The molecule has 0 spiro atoms. The highest BCUT2D eigenvalue weighted by atomic mass is 16.6. The lowest BCUT2D eigenvalue weighted by Crippen LogP contribution is -2.42. The van der Waals surface area contributed by atoms with E-state index in [9.17, 15) is 14.4 Å². The molecule has 0 atom stereocenters. The molecule has 24 heavy (non-hydrogen) atoms. The van der Waals surface area contributed by atoms with Gasteiger partial charge in [0.15, 0.2) is 5.65 Å². The van der Waals surface area contributed by atoms with Crippen molar-refractivity contribution in [2.45, 2.75) is 39.3 Å². The van der Waals surface area contributed by atoms with E-state index in [1.54, 1.807) is 20.8 Å². The normalized spacial score (nSPS) is 14.5. The monoisotopic (exact) mass is 334 g/mol. The van der Waals surface area contributed by atoms with E-state index < -0.39 is 23.2 Å². The number of H-pyrrole nitrogens is 1. The average Bonchev–Trinajstić information content (AvgIpc) is 2.89. The second kappa shape index (κ2) is 5.36. The summed E-state index contributed by atoms with van der Waals surface area (Å²) >= 11 is 0. The zero-order valence-electron chi connectivity index (χ0n) is 13.6. The number of aromatic carboxylic acids is 1. The standard InChI is InChI=1S/C15H18N4O5/c1-15(2,3)24-14(23)18-5-4-10-9(7-18)12(20)19-11(17-10)8(6-16-19)13(21)22/h6,16H,4-5,7H2,1-3H3,(H,21,22). The third-order valence-electron chi connectivity index (χ3n) is 3.69. The lowest BCUT2D eigenvalue weighted by Gasteiger charge is -2.30. The van der Waals surface area contributed by atoms with Crippen LogP contribution in [0.2, 0.25) is 0 Å². The smallest absolute Gasteiger partial charge is 0.410 e. The van der Waals surface area contributed by atoms with Crippen molar-refractivity contribution in [2.24, 2.45) is 0 Å². The second-order valence-corrected chi connectivity index (χ2v) is 6.65. The fourth-order valence-electron chi connectivity index (χ4n) is 2.61. The van der Waals surface area contributed by atoms with Crippen molar-refractivity contribution in [3.8, 4) is 0 Å². The number of aromatic amines is 1. The predicted molar refractivity (Wildman–Crippen MR) is 83.1 cm³/mol. The molecule has 0 saturated carbocycles. The molecule has 1 aliphatic heterocycles. The van der Waals surface area contributed by atoms with Crippen LogP contribution in [0.25, 0.3) is 5.65 Å². The zero-order chi connectivity index (χ0) is 17.6. The Kier molecular flexibility index (Phi) is 3.58. The summed E-state index contributed by atoms with van der Waals surface area (Å²) in [6.07, 6.45) is 1.10. The number of rotatable bonds is 1. The summed E-state index contributed by atoms with van der Waals surface area (Å²) in [6.45, 7) is 5.76. The van der Waals surface area contributed by atoms with Crippen LogP contribution in [0.15, 0.2) is 11.0 Å². The Morgan fingerprint density at radius 2 is 2.08 bits per heavy atom. The summed E-state index contributed by atoms with van der Waals surface area (Å²) in [6, 6.07) is 0. The minimum absolute atomic E-state index is 0.0653. The molecule has 9 heteroatoms. The molecule has 128 valence electrons. The van der Waals surface area contributed by atoms with Crippen LogP contribution in [0, 0.1) is 0 Å². The number of hydrogen-bond acceptors (Lipinski definition) is 5. The third-order valence-corrected chi connectivity index (χ3v) is 3.69. The molecule has 0 radical (unpaired) electrons. The molecule has 3 rings (SSSR count). The van der Waals surface area contributed by atoms with E-state index in [1.807, 2.05) is 0 Å². The second-order valence-electron chi connectivity index (χ2n) is 6.65. The van der Waals surface area contributed by atoms with Crippen LogP contribution in [0.5, 0.6) is 0 Å². The van der Waals surface area contributed by atoms with Gasteiger partial charge in [-0.1, -0.05) is 0 Å². The molecule has 0 fully saturated rings.